The first-order valence-corrected chi connectivity index (χ1v) is 8.69. The van der Waals surface area contributed by atoms with Crippen LogP contribution in [-0.2, 0) is 25.9 Å². The molecule has 6 heteroatoms. The molecule has 0 amide bonds. The maximum atomic E-state index is 13.2. The van der Waals surface area contributed by atoms with E-state index in [1.54, 1.807) is 19.2 Å². The van der Waals surface area contributed by atoms with E-state index in [9.17, 15) is 9.50 Å². The van der Waals surface area contributed by atoms with Crippen molar-refractivity contribution in [2.24, 2.45) is 4.99 Å². The minimum absolute atomic E-state index is 0. The van der Waals surface area contributed by atoms with Gasteiger partial charge >= 0.3 is 0 Å². The molecule has 1 aliphatic rings. The number of hydrogen-bond donors (Lipinski definition) is 3. The first-order chi connectivity index (χ1) is 12.2. The average Bonchev–Trinajstić information content (AvgIpc) is 2.63. The molecule has 2 aromatic rings. The summed E-state index contributed by atoms with van der Waals surface area (Å²) in [6.07, 6.45) is 4.46. The molecule has 0 bridgehead atoms. The summed E-state index contributed by atoms with van der Waals surface area (Å²) in [5.74, 6) is 0.703. The Morgan fingerprint density at radius 3 is 2.65 bits per heavy atom. The largest absolute Gasteiger partial charge is 0.508 e. The number of benzene rings is 2. The topological polar surface area (TPSA) is 56.7 Å². The quantitative estimate of drug-likeness (QED) is 0.362. The van der Waals surface area contributed by atoms with E-state index in [4.69, 9.17) is 0 Å². The Kier molecular flexibility index (Phi) is 7.68. The molecule has 3 rings (SSSR count). The molecule has 0 saturated carbocycles. The molecule has 2 aromatic carbocycles. The van der Waals surface area contributed by atoms with Crippen molar-refractivity contribution in [3.05, 3.63) is 64.5 Å². The van der Waals surface area contributed by atoms with E-state index >= 15 is 0 Å². The number of phenols is 1. The molecular formula is C20H25FIN3O. The maximum absolute atomic E-state index is 13.2. The predicted molar refractivity (Wildman–Crippen MR) is 114 cm³/mol. The first-order valence-electron chi connectivity index (χ1n) is 8.69. The standard InChI is InChI=1S/C20H24FN3O.HI/c1-22-20(23-12-14-5-4-7-16(21)11-14)24-13-18-17-8-3-2-6-15(17)9-10-19(18)25;/h4-5,7,9-11,25H,2-3,6,8,12-13H2,1H3,(H2,22,23,24);1H. The van der Waals surface area contributed by atoms with Crippen molar-refractivity contribution in [3.63, 3.8) is 0 Å². The zero-order valence-corrected chi connectivity index (χ0v) is 17.2. The van der Waals surface area contributed by atoms with E-state index < -0.39 is 0 Å². The lowest BCUT2D eigenvalue weighted by atomic mass is 9.88. The van der Waals surface area contributed by atoms with Crippen LogP contribution in [0.1, 0.15) is 35.1 Å². The highest BCUT2D eigenvalue weighted by atomic mass is 127. The summed E-state index contributed by atoms with van der Waals surface area (Å²) < 4.78 is 13.2. The normalized spacial score (nSPS) is 13.5. The molecule has 1 aliphatic carbocycles. The zero-order valence-electron chi connectivity index (χ0n) is 14.9. The van der Waals surface area contributed by atoms with Gasteiger partial charge in [0.15, 0.2) is 5.96 Å². The Hall–Kier alpha value is -1.83. The van der Waals surface area contributed by atoms with Gasteiger partial charge in [0.05, 0.1) is 0 Å². The van der Waals surface area contributed by atoms with Gasteiger partial charge in [0.2, 0.25) is 0 Å². The van der Waals surface area contributed by atoms with Crippen molar-refractivity contribution in [1.82, 2.24) is 10.6 Å². The van der Waals surface area contributed by atoms with Gasteiger partial charge < -0.3 is 15.7 Å². The number of fused-ring (bicyclic) bond motifs is 1. The number of hydrogen-bond acceptors (Lipinski definition) is 2. The Bertz CT molecular complexity index is 780. The molecule has 0 spiro atoms. The van der Waals surface area contributed by atoms with Crippen LogP contribution in [0.15, 0.2) is 41.4 Å². The second kappa shape index (κ2) is 9.75. The Labute approximate surface area is 171 Å². The van der Waals surface area contributed by atoms with Gasteiger partial charge in [-0.3, -0.25) is 4.99 Å². The average molecular weight is 469 g/mol. The molecule has 0 unspecified atom stereocenters. The fourth-order valence-electron chi connectivity index (χ4n) is 3.31. The van der Waals surface area contributed by atoms with Gasteiger partial charge in [-0.25, -0.2) is 4.39 Å². The summed E-state index contributed by atoms with van der Waals surface area (Å²) >= 11 is 0. The number of nitrogens with one attached hydrogen (secondary N) is 2. The van der Waals surface area contributed by atoms with Crippen LogP contribution in [0.3, 0.4) is 0 Å². The van der Waals surface area contributed by atoms with E-state index in [0.717, 1.165) is 30.4 Å². The van der Waals surface area contributed by atoms with Gasteiger partial charge in [-0.2, -0.15) is 0 Å². The highest BCUT2D eigenvalue weighted by molar-refractivity contribution is 14.0. The summed E-state index contributed by atoms with van der Waals surface area (Å²) in [6.45, 7) is 0.994. The maximum Gasteiger partial charge on any atom is 0.191 e. The Morgan fingerprint density at radius 1 is 1.12 bits per heavy atom. The second-order valence-electron chi connectivity index (χ2n) is 6.32. The van der Waals surface area contributed by atoms with Crippen LogP contribution >= 0.6 is 24.0 Å². The van der Waals surface area contributed by atoms with E-state index in [0.29, 0.717) is 24.8 Å². The molecule has 4 nitrogen and oxygen atoms in total. The molecule has 0 saturated heterocycles. The molecule has 0 heterocycles. The van der Waals surface area contributed by atoms with Gasteiger partial charge in [0.1, 0.15) is 11.6 Å². The Morgan fingerprint density at radius 2 is 1.88 bits per heavy atom. The third-order valence-corrected chi connectivity index (χ3v) is 4.63. The molecular weight excluding hydrogens is 444 g/mol. The monoisotopic (exact) mass is 469 g/mol. The van der Waals surface area contributed by atoms with Crippen LogP contribution in [0.2, 0.25) is 0 Å². The third-order valence-electron chi connectivity index (χ3n) is 4.63. The smallest absolute Gasteiger partial charge is 0.191 e. The molecule has 0 radical (unpaired) electrons. The first kappa shape index (κ1) is 20.5. The van der Waals surface area contributed by atoms with Crippen LogP contribution < -0.4 is 10.6 Å². The van der Waals surface area contributed by atoms with Crippen molar-refractivity contribution < 1.29 is 9.50 Å². The number of aryl methyl sites for hydroxylation is 1. The minimum atomic E-state index is -0.247. The molecule has 3 N–H and O–H groups in total. The van der Waals surface area contributed by atoms with E-state index in [1.165, 1.54) is 29.7 Å². The van der Waals surface area contributed by atoms with Crippen molar-refractivity contribution >= 4 is 29.9 Å². The van der Waals surface area contributed by atoms with Gasteiger partial charge in [-0.05, 0) is 60.6 Å². The number of halogens is 2. The Balaban J connectivity index is 0.00000243. The summed E-state index contributed by atoms with van der Waals surface area (Å²) in [5.41, 5.74) is 4.40. The van der Waals surface area contributed by atoms with Gasteiger partial charge in [0, 0.05) is 25.7 Å². The van der Waals surface area contributed by atoms with Gasteiger partial charge in [0.25, 0.3) is 0 Å². The number of phenolic OH excluding ortho intramolecular Hbond substituents is 1. The van der Waals surface area contributed by atoms with Crippen molar-refractivity contribution in [3.8, 4) is 5.75 Å². The molecule has 140 valence electrons. The molecule has 0 aromatic heterocycles. The minimum Gasteiger partial charge on any atom is -0.508 e. The fourth-order valence-corrected chi connectivity index (χ4v) is 3.31. The molecule has 0 aliphatic heterocycles. The van der Waals surface area contributed by atoms with Crippen molar-refractivity contribution in [2.75, 3.05) is 7.05 Å². The lowest BCUT2D eigenvalue weighted by Gasteiger charge is -2.21. The van der Waals surface area contributed by atoms with Crippen LogP contribution in [0.25, 0.3) is 0 Å². The van der Waals surface area contributed by atoms with E-state index in [1.807, 2.05) is 12.1 Å². The molecule has 0 fully saturated rings. The third kappa shape index (κ3) is 5.09. The number of rotatable bonds is 4. The number of nitrogens with zero attached hydrogens (tertiary/aromatic N) is 1. The number of aliphatic imine (C=N–C) groups is 1. The summed E-state index contributed by atoms with van der Waals surface area (Å²) in [5, 5.41) is 16.7. The summed E-state index contributed by atoms with van der Waals surface area (Å²) in [7, 11) is 1.70. The number of guanidine groups is 1. The lowest BCUT2D eigenvalue weighted by molar-refractivity contribution is 0.464. The fraction of sp³-hybridized carbons (Fsp3) is 0.350. The van der Waals surface area contributed by atoms with Crippen LogP contribution in [0, 0.1) is 5.82 Å². The van der Waals surface area contributed by atoms with Gasteiger partial charge in [-0.15, -0.1) is 24.0 Å². The van der Waals surface area contributed by atoms with E-state index in [2.05, 4.69) is 15.6 Å². The van der Waals surface area contributed by atoms with Crippen molar-refractivity contribution in [2.45, 2.75) is 38.8 Å². The lowest BCUT2D eigenvalue weighted by Crippen LogP contribution is -2.36. The number of aromatic hydroxyl groups is 1. The molecule has 0 atom stereocenters. The highest BCUT2D eigenvalue weighted by Crippen LogP contribution is 2.30. The SMILES string of the molecule is CN=C(NCc1cccc(F)c1)NCc1c(O)ccc2c1CCCC2.I. The summed E-state index contributed by atoms with van der Waals surface area (Å²) in [4.78, 5) is 4.20. The van der Waals surface area contributed by atoms with Crippen molar-refractivity contribution in [1.29, 1.82) is 0 Å². The van der Waals surface area contributed by atoms with E-state index in [-0.39, 0.29) is 29.8 Å². The van der Waals surface area contributed by atoms with Crippen LogP contribution in [0.4, 0.5) is 4.39 Å². The zero-order chi connectivity index (χ0) is 17.6. The second-order valence-corrected chi connectivity index (χ2v) is 6.32. The summed E-state index contributed by atoms with van der Waals surface area (Å²) in [6, 6.07) is 10.3. The molecule has 26 heavy (non-hydrogen) atoms. The van der Waals surface area contributed by atoms with Crippen LogP contribution in [0.5, 0.6) is 5.75 Å². The highest BCUT2D eigenvalue weighted by Gasteiger charge is 2.16. The van der Waals surface area contributed by atoms with Crippen LogP contribution in [-0.4, -0.2) is 18.1 Å². The van der Waals surface area contributed by atoms with Gasteiger partial charge in [-0.1, -0.05) is 18.2 Å². The predicted octanol–water partition coefficient (Wildman–Crippen LogP) is 3.89.